The Bertz CT molecular complexity index is 480. The second-order valence-corrected chi connectivity index (χ2v) is 5.76. The third kappa shape index (κ3) is 2.66. The number of rotatable bonds is 3. The van der Waals surface area contributed by atoms with Crippen molar-refractivity contribution in [1.29, 1.82) is 0 Å². The highest BCUT2D eigenvalue weighted by Crippen LogP contribution is 2.18. The lowest BCUT2D eigenvalue weighted by atomic mass is 10.2. The van der Waals surface area contributed by atoms with Gasteiger partial charge in [0.25, 0.3) is 0 Å². The van der Waals surface area contributed by atoms with Crippen molar-refractivity contribution in [1.82, 2.24) is 4.31 Å². The minimum absolute atomic E-state index is 0.160. The molecule has 5 nitrogen and oxygen atoms in total. The summed E-state index contributed by atoms with van der Waals surface area (Å²) < 4.78 is 31.0. The molecular weight excluding hydrogens is 242 g/mol. The Hall–Kier alpha value is -0.950. The van der Waals surface area contributed by atoms with E-state index in [1.54, 1.807) is 18.2 Å². The molecule has 0 atom stereocenters. The van der Waals surface area contributed by atoms with Gasteiger partial charge in [0.1, 0.15) is 0 Å². The Morgan fingerprint density at radius 1 is 1.29 bits per heavy atom. The standard InChI is InChI=1S/C11H15NO4S/c13-9-10-2-1-3-11(8-10)17(14,15)12-4-6-16-7-5-12/h1-3,8,13H,4-7,9H2. The second kappa shape index (κ2) is 5.14. The lowest BCUT2D eigenvalue weighted by Crippen LogP contribution is -2.40. The smallest absolute Gasteiger partial charge is 0.243 e. The van der Waals surface area contributed by atoms with E-state index < -0.39 is 10.0 Å². The van der Waals surface area contributed by atoms with Crippen LogP contribution in [0, 0.1) is 0 Å². The van der Waals surface area contributed by atoms with Crippen LogP contribution in [0.25, 0.3) is 0 Å². The number of ether oxygens (including phenoxy) is 1. The fourth-order valence-corrected chi connectivity index (χ4v) is 3.22. The Morgan fingerprint density at radius 2 is 2.00 bits per heavy atom. The van der Waals surface area contributed by atoms with Crippen molar-refractivity contribution in [3.05, 3.63) is 29.8 Å². The normalized spacial score (nSPS) is 18.2. The van der Waals surface area contributed by atoms with Gasteiger partial charge in [-0.3, -0.25) is 0 Å². The minimum Gasteiger partial charge on any atom is -0.392 e. The summed E-state index contributed by atoms with van der Waals surface area (Å²) in [5.41, 5.74) is 0.597. The van der Waals surface area contributed by atoms with Crippen LogP contribution in [0.2, 0.25) is 0 Å². The second-order valence-electron chi connectivity index (χ2n) is 3.82. The van der Waals surface area contributed by atoms with E-state index >= 15 is 0 Å². The van der Waals surface area contributed by atoms with E-state index in [2.05, 4.69) is 0 Å². The van der Waals surface area contributed by atoms with Crippen LogP contribution in [0.3, 0.4) is 0 Å². The number of aliphatic hydroxyl groups excluding tert-OH is 1. The fourth-order valence-electron chi connectivity index (χ4n) is 1.74. The molecule has 1 aliphatic rings. The summed E-state index contributed by atoms with van der Waals surface area (Å²) in [6, 6.07) is 6.38. The highest BCUT2D eigenvalue weighted by Gasteiger charge is 2.26. The molecule has 1 aliphatic heterocycles. The molecule has 0 unspecified atom stereocenters. The predicted octanol–water partition coefficient (Wildman–Crippen LogP) is 0.200. The molecule has 0 bridgehead atoms. The first-order valence-corrected chi connectivity index (χ1v) is 6.86. The van der Waals surface area contributed by atoms with Gasteiger partial charge in [-0.05, 0) is 17.7 Å². The number of hydrogen-bond acceptors (Lipinski definition) is 4. The number of hydrogen-bond donors (Lipinski definition) is 1. The molecule has 1 fully saturated rings. The van der Waals surface area contributed by atoms with Gasteiger partial charge in [-0.15, -0.1) is 0 Å². The summed E-state index contributed by atoms with van der Waals surface area (Å²) in [5.74, 6) is 0. The molecule has 1 aromatic carbocycles. The van der Waals surface area contributed by atoms with E-state index in [9.17, 15) is 8.42 Å². The zero-order valence-corrected chi connectivity index (χ0v) is 10.2. The maximum atomic E-state index is 12.2. The molecule has 0 aromatic heterocycles. The van der Waals surface area contributed by atoms with Gasteiger partial charge in [0, 0.05) is 13.1 Å². The summed E-state index contributed by atoms with van der Waals surface area (Å²) in [4.78, 5) is 0.228. The van der Waals surface area contributed by atoms with Gasteiger partial charge in [-0.2, -0.15) is 4.31 Å². The van der Waals surface area contributed by atoms with Crippen molar-refractivity contribution in [2.75, 3.05) is 26.3 Å². The molecule has 1 saturated heterocycles. The first-order valence-electron chi connectivity index (χ1n) is 5.42. The van der Waals surface area contributed by atoms with Crippen molar-refractivity contribution >= 4 is 10.0 Å². The Labute approximate surface area is 101 Å². The van der Waals surface area contributed by atoms with Gasteiger partial charge in [0.15, 0.2) is 0 Å². The molecule has 17 heavy (non-hydrogen) atoms. The molecule has 1 heterocycles. The van der Waals surface area contributed by atoms with Crippen molar-refractivity contribution in [2.24, 2.45) is 0 Å². The predicted molar refractivity (Wildman–Crippen MR) is 61.9 cm³/mol. The molecule has 6 heteroatoms. The monoisotopic (exact) mass is 257 g/mol. The van der Waals surface area contributed by atoms with E-state index in [4.69, 9.17) is 9.84 Å². The Morgan fingerprint density at radius 3 is 2.65 bits per heavy atom. The van der Waals surface area contributed by atoms with E-state index in [1.165, 1.54) is 10.4 Å². The van der Waals surface area contributed by atoms with Crippen LogP contribution in [0.5, 0.6) is 0 Å². The molecule has 0 radical (unpaired) electrons. The van der Waals surface area contributed by atoms with Crippen molar-refractivity contribution in [2.45, 2.75) is 11.5 Å². The number of benzene rings is 1. The van der Waals surface area contributed by atoms with Gasteiger partial charge >= 0.3 is 0 Å². The van der Waals surface area contributed by atoms with Crippen LogP contribution >= 0.6 is 0 Å². The maximum absolute atomic E-state index is 12.2. The number of morpholine rings is 1. The Balaban J connectivity index is 2.29. The first kappa shape index (κ1) is 12.5. The third-order valence-electron chi connectivity index (χ3n) is 2.69. The molecule has 0 spiro atoms. The summed E-state index contributed by atoms with van der Waals surface area (Å²) >= 11 is 0. The first-order chi connectivity index (χ1) is 8.14. The summed E-state index contributed by atoms with van der Waals surface area (Å²) in [6.45, 7) is 1.46. The van der Waals surface area contributed by atoms with Gasteiger partial charge in [-0.25, -0.2) is 8.42 Å². The van der Waals surface area contributed by atoms with E-state index in [0.29, 0.717) is 31.9 Å². The number of aliphatic hydroxyl groups is 1. The average Bonchev–Trinajstić information content (AvgIpc) is 2.40. The fraction of sp³-hybridized carbons (Fsp3) is 0.455. The van der Waals surface area contributed by atoms with E-state index in [-0.39, 0.29) is 11.5 Å². The molecule has 94 valence electrons. The van der Waals surface area contributed by atoms with Crippen LogP contribution < -0.4 is 0 Å². The molecular formula is C11H15NO4S. The topological polar surface area (TPSA) is 66.8 Å². The van der Waals surface area contributed by atoms with Crippen LogP contribution in [0.15, 0.2) is 29.2 Å². The van der Waals surface area contributed by atoms with E-state index in [0.717, 1.165) is 0 Å². The largest absolute Gasteiger partial charge is 0.392 e. The molecule has 2 rings (SSSR count). The lowest BCUT2D eigenvalue weighted by Gasteiger charge is -2.26. The number of sulfonamides is 1. The Kier molecular flexibility index (Phi) is 3.78. The van der Waals surface area contributed by atoms with Crippen LogP contribution in [-0.4, -0.2) is 44.1 Å². The van der Waals surface area contributed by atoms with Crippen LogP contribution in [0.4, 0.5) is 0 Å². The lowest BCUT2D eigenvalue weighted by molar-refractivity contribution is 0.0730. The zero-order valence-electron chi connectivity index (χ0n) is 9.37. The van der Waals surface area contributed by atoms with Crippen molar-refractivity contribution in [3.63, 3.8) is 0 Å². The minimum atomic E-state index is -3.45. The third-order valence-corrected chi connectivity index (χ3v) is 4.58. The summed E-state index contributed by atoms with van der Waals surface area (Å²) in [7, 11) is -3.45. The summed E-state index contributed by atoms with van der Waals surface area (Å²) in [5, 5.41) is 9.01. The van der Waals surface area contributed by atoms with Crippen LogP contribution in [0.1, 0.15) is 5.56 Å². The van der Waals surface area contributed by atoms with E-state index in [1.807, 2.05) is 0 Å². The molecule has 1 N–H and O–H groups in total. The average molecular weight is 257 g/mol. The van der Waals surface area contributed by atoms with Gasteiger partial charge < -0.3 is 9.84 Å². The van der Waals surface area contributed by atoms with Gasteiger partial charge in [0.2, 0.25) is 10.0 Å². The zero-order chi connectivity index (χ0) is 12.3. The van der Waals surface area contributed by atoms with Crippen molar-refractivity contribution in [3.8, 4) is 0 Å². The van der Waals surface area contributed by atoms with Crippen molar-refractivity contribution < 1.29 is 18.3 Å². The van der Waals surface area contributed by atoms with Gasteiger partial charge in [-0.1, -0.05) is 12.1 Å². The SMILES string of the molecule is O=S(=O)(c1cccc(CO)c1)N1CCOCC1. The maximum Gasteiger partial charge on any atom is 0.243 e. The molecule has 1 aromatic rings. The highest BCUT2D eigenvalue weighted by atomic mass is 32.2. The van der Waals surface area contributed by atoms with Crippen LogP contribution in [-0.2, 0) is 21.4 Å². The molecule has 0 aliphatic carbocycles. The van der Waals surface area contributed by atoms with Gasteiger partial charge in [0.05, 0.1) is 24.7 Å². The highest BCUT2D eigenvalue weighted by molar-refractivity contribution is 7.89. The molecule has 0 amide bonds. The quantitative estimate of drug-likeness (QED) is 0.840. The number of nitrogens with zero attached hydrogens (tertiary/aromatic N) is 1. The summed E-state index contributed by atoms with van der Waals surface area (Å²) in [6.07, 6.45) is 0. The molecule has 0 saturated carbocycles.